The van der Waals surface area contributed by atoms with Crippen molar-refractivity contribution in [1.82, 2.24) is 4.98 Å². The molecule has 0 aliphatic heterocycles. The number of pyridine rings is 1. The van der Waals surface area contributed by atoms with Crippen molar-refractivity contribution in [3.05, 3.63) is 51.8 Å². The largest absolute Gasteiger partial charge is 0.355 e. The molecule has 0 saturated heterocycles. The van der Waals surface area contributed by atoms with Crippen molar-refractivity contribution in [1.29, 1.82) is 0 Å². The van der Waals surface area contributed by atoms with Crippen LogP contribution >= 0.6 is 0 Å². The summed E-state index contributed by atoms with van der Waals surface area (Å²) in [5, 5.41) is 0.767. The monoisotopic (exact) mass is 255 g/mol. The number of hydrogen-bond donors (Lipinski definition) is 1. The number of nitrogens with one attached hydrogen (secondary N) is 1. The molecule has 0 atom stereocenters. The van der Waals surface area contributed by atoms with Crippen molar-refractivity contribution in [2.24, 2.45) is 0 Å². The Labute approximate surface area is 114 Å². The van der Waals surface area contributed by atoms with Crippen LogP contribution in [0.5, 0.6) is 0 Å². The number of allylic oxidation sites excluding steroid dienone is 1. The average molecular weight is 255 g/mol. The molecule has 0 fully saturated rings. The highest BCUT2D eigenvalue weighted by Crippen LogP contribution is 2.12. The molecule has 1 aromatic carbocycles. The first-order valence-electron chi connectivity index (χ1n) is 7.02. The van der Waals surface area contributed by atoms with Crippen LogP contribution in [0, 0.1) is 6.92 Å². The van der Waals surface area contributed by atoms with Crippen LogP contribution in [0.2, 0.25) is 0 Å². The zero-order valence-corrected chi connectivity index (χ0v) is 11.7. The van der Waals surface area contributed by atoms with E-state index >= 15 is 0 Å². The Morgan fingerprint density at radius 3 is 2.79 bits per heavy atom. The van der Waals surface area contributed by atoms with Gasteiger partial charge in [0.05, 0.1) is 0 Å². The van der Waals surface area contributed by atoms with Gasteiger partial charge in [-0.1, -0.05) is 38.0 Å². The first-order valence-corrected chi connectivity index (χ1v) is 7.02. The van der Waals surface area contributed by atoms with Gasteiger partial charge in [0, 0.05) is 22.2 Å². The SMILES string of the molecule is CCCCC/C=C\c1[nH]c2ccccc2c(=O)c1C. The van der Waals surface area contributed by atoms with E-state index in [9.17, 15) is 4.79 Å². The minimum absolute atomic E-state index is 0.127. The Balaban J connectivity index is 2.29. The number of benzene rings is 1. The van der Waals surface area contributed by atoms with E-state index in [1.165, 1.54) is 19.3 Å². The van der Waals surface area contributed by atoms with Gasteiger partial charge in [0.15, 0.2) is 5.43 Å². The molecule has 0 spiro atoms. The van der Waals surface area contributed by atoms with Gasteiger partial charge in [-0.05, 0) is 38.0 Å². The number of fused-ring (bicyclic) bond motifs is 1. The highest BCUT2D eigenvalue weighted by molar-refractivity contribution is 5.80. The summed E-state index contributed by atoms with van der Waals surface area (Å²) in [6.07, 6.45) is 8.98. The number of unbranched alkanes of at least 4 members (excludes halogenated alkanes) is 3. The van der Waals surface area contributed by atoms with E-state index in [0.717, 1.165) is 28.6 Å². The van der Waals surface area contributed by atoms with Crippen molar-refractivity contribution in [3.8, 4) is 0 Å². The van der Waals surface area contributed by atoms with Gasteiger partial charge in [0.1, 0.15) is 0 Å². The minimum Gasteiger partial charge on any atom is -0.355 e. The van der Waals surface area contributed by atoms with E-state index in [1.54, 1.807) is 0 Å². The predicted octanol–water partition coefficient (Wildman–Crippen LogP) is 4.43. The van der Waals surface area contributed by atoms with Gasteiger partial charge in [0.25, 0.3) is 0 Å². The van der Waals surface area contributed by atoms with Crippen LogP contribution < -0.4 is 5.43 Å². The maximum Gasteiger partial charge on any atom is 0.192 e. The topological polar surface area (TPSA) is 32.9 Å². The lowest BCUT2D eigenvalue weighted by atomic mass is 10.1. The summed E-state index contributed by atoms with van der Waals surface area (Å²) in [4.78, 5) is 15.6. The van der Waals surface area contributed by atoms with Gasteiger partial charge < -0.3 is 4.98 Å². The first kappa shape index (κ1) is 13.6. The van der Waals surface area contributed by atoms with Crippen molar-refractivity contribution < 1.29 is 0 Å². The lowest BCUT2D eigenvalue weighted by Gasteiger charge is -2.04. The molecule has 2 aromatic rings. The van der Waals surface area contributed by atoms with Crippen LogP contribution in [0.4, 0.5) is 0 Å². The second-order valence-electron chi connectivity index (χ2n) is 4.94. The average Bonchev–Trinajstić information content (AvgIpc) is 2.44. The van der Waals surface area contributed by atoms with Crippen LogP contribution in [0.15, 0.2) is 35.1 Å². The molecule has 0 bridgehead atoms. The van der Waals surface area contributed by atoms with Crippen LogP contribution in [0.25, 0.3) is 17.0 Å². The van der Waals surface area contributed by atoms with Gasteiger partial charge in [-0.15, -0.1) is 0 Å². The molecule has 0 saturated carbocycles. The van der Waals surface area contributed by atoms with E-state index in [0.29, 0.717) is 0 Å². The van der Waals surface area contributed by atoms with E-state index in [2.05, 4.69) is 18.0 Å². The Kier molecular flexibility index (Phi) is 4.56. The maximum absolute atomic E-state index is 12.2. The molecule has 1 heterocycles. The van der Waals surface area contributed by atoms with E-state index in [-0.39, 0.29) is 5.43 Å². The third-order valence-electron chi connectivity index (χ3n) is 3.44. The summed E-state index contributed by atoms with van der Waals surface area (Å²) in [5.41, 5.74) is 2.76. The highest BCUT2D eigenvalue weighted by Gasteiger charge is 2.04. The summed E-state index contributed by atoms with van der Waals surface area (Å²) < 4.78 is 0. The number of aromatic nitrogens is 1. The molecule has 0 radical (unpaired) electrons. The third-order valence-corrected chi connectivity index (χ3v) is 3.44. The third kappa shape index (κ3) is 3.14. The summed E-state index contributed by atoms with van der Waals surface area (Å²) in [7, 11) is 0. The first-order chi connectivity index (χ1) is 9.24. The molecule has 1 N–H and O–H groups in total. The molecule has 2 rings (SSSR count). The fraction of sp³-hybridized carbons (Fsp3) is 0.353. The van der Waals surface area contributed by atoms with Gasteiger partial charge in [-0.2, -0.15) is 0 Å². The fourth-order valence-electron chi connectivity index (χ4n) is 2.23. The molecule has 0 unspecified atom stereocenters. The van der Waals surface area contributed by atoms with Gasteiger partial charge in [-0.3, -0.25) is 4.79 Å². The number of para-hydroxylation sites is 1. The van der Waals surface area contributed by atoms with Crippen LogP contribution in [0.1, 0.15) is 43.9 Å². The predicted molar refractivity (Wildman–Crippen MR) is 82.5 cm³/mol. The van der Waals surface area contributed by atoms with E-state index in [4.69, 9.17) is 0 Å². The van der Waals surface area contributed by atoms with Crippen LogP contribution in [-0.2, 0) is 0 Å². The van der Waals surface area contributed by atoms with Gasteiger partial charge >= 0.3 is 0 Å². The van der Waals surface area contributed by atoms with E-state index in [1.807, 2.05) is 37.3 Å². The van der Waals surface area contributed by atoms with Crippen LogP contribution in [0.3, 0.4) is 0 Å². The lowest BCUT2D eigenvalue weighted by Crippen LogP contribution is -2.09. The maximum atomic E-state index is 12.2. The number of rotatable bonds is 5. The number of hydrogen-bond acceptors (Lipinski definition) is 1. The van der Waals surface area contributed by atoms with Crippen molar-refractivity contribution in [2.45, 2.75) is 39.5 Å². The Morgan fingerprint density at radius 1 is 1.21 bits per heavy atom. The normalized spacial score (nSPS) is 11.5. The standard InChI is InChI=1S/C17H21NO/c1-3-4-5-6-7-11-15-13(2)17(19)14-10-8-9-12-16(14)18-15/h7-12H,3-6H2,1-2H3,(H,18,19)/b11-7-. The van der Waals surface area contributed by atoms with Crippen LogP contribution in [-0.4, -0.2) is 4.98 Å². The summed E-state index contributed by atoms with van der Waals surface area (Å²) in [5.74, 6) is 0. The van der Waals surface area contributed by atoms with Crippen molar-refractivity contribution >= 4 is 17.0 Å². The highest BCUT2D eigenvalue weighted by atomic mass is 16.1. The summed E-state index contributed by atoms with van der Waals surface area (Å²) >= 11 is 0. The second-order valence-corrected chi connectivity index (χ2v) is 4.94. The molecule has 2 nitrogen and oxygen atoms in total. The second kappa shape index (κ2) is 6.37. The Morgan fingerprint density at radius 2 is 2.00 bits per heavy atom. The number of H-pyrrole nitrogens is 1. The Bertz CT molecular complexity index is 637. The smallest absolute Gasteiger partial charge is 0.192 e. The molecule has 1 aromatic heterocycles. The zero-order valence-electron chi connectivity index (χ0n) is 11.7. The Hall–Kier alpha value is -1.83. The lowest BCUT2D eigenvalue weighted by molar-refractivity contribution is 0.730. The van der Waals surface area contributed by atoms with Crippen molar-refractivity contribution in [3.63, 3.8) is 0 Å². The fourth-order valence-corrected chi connectivity index (χ4v) is 2.23. The molecule has 19 heavy (non-hydrogen) atoms. The quantitative estimate of drug-likeness (QED) is 0.788. The van der Waals surface area contributed by atoms with E-state index < -0.39 is 0 Å². The molecule has 0 aliphatic rings. The number of aromatic amines is 1. The van der Waals surface area contributed by atoms with Crippen molar-refractivity contribution in [2.75, 3.05) is 0 Å². The minimum atomic E-state index is 0.127. The summed E-state index contributed by atoms with van der Waals surface area (Å²) in [6.45, 7) is 4.09. The zero-order chi connectivity index (χ0) is 13.7. The van der Waals surface area contributed by atoms with Gasteiger partial charge in [-0.25, -0.2) is 0 Å². The molecular weight excluding hydrogens is 234 g/mol. The summed E-state index contributed by atoms with van der Waals surface area (Å²) in [6, 6.07) is 7.67. The van der Waals surface area contributed by atoms with Gasteiger partial charge in [0.2, 0.25) is 0 Å². The molecule has 0 aliphatic carbocycles. The molecule has 2 heteroatoms. The molecular formula is C17H21NO. The molecule has 100 valence electrons. The molecule has 0 amide bonds.